The number of fused-ring (bicyclic) bond motifs is 1. The zero-order valence-electron chi connectivity index (χ0n) is 17.8. The quantitative estimate of drug-likeness (QED) is 0.542. The van der Waals surface area contributed by atoms with Gasteiger partial charge in [-0.1, -0.05) is 25.5 Å². The van der Waals surface area contributed by atoms with Gasteiger partial charge in [0, 0.05) is 6.54 Å². The van der Waals surface area contributed by atoms with Crippen molar-refractivity contribution in [2.45, 2.75) is 33.2 Å². The molecule has 2 aromatic carbocycles. The molecule has 1 N–H and O–H groups in total. The monoisotopic (exact) mass is 409 g/mol. The molecule has 0 bridgehead atoms. The number of esters is 1. The number of ether oxygens (including phenoxy) is 2. The first-order chi connectivity index (χ1) is 14.3. The number of aromatic hydroxyl groups is 1. The molecule has 0 aromatic heterocycles. The Balaban J connectivity index is 1.91. The zero-order chi connectivity index (χ0) is 21.8. The number of hydrogen-bond donors (Lipinski definition) is 1. The number of Topliss-reactive ketones (excluding diaryl/α,β-unsaturated/α-hetero) is 1. The van der Waals surface area contributed by atoms with Crippen LogP contribution in [0.2, 0.25) is 0 Å². The zero-order valence-corrected chi connectivity index (χ0v) is 17.8. The second kappa shape index (κ2) is 9.13. The predicted octanol–water partition coefficient (Wildman–Crippen LogP) is 4.34. The molecule has 0 aliphatic carbocycles. The smallest absolute Gasteiger partial charge is 0.337 e. The number of hydrogen-bond acceptors (Lipinski definition) is 6. The number of aryl methyl sites for hydroxylation is 1. The highest BCUT2D eigenvalue weighted by molar-refractivity contribution is 6.15. The number of unbranched alkanes of at least 4 members (excludes halogenated alkanes) is 1. The van der Waals surface area contributed by atoms with Crippen LogP contribution in [0.3, 0.4) is 0 Å². The van der Waals surface area contributed by atoms with E-state index >= 15 is 0 Å². The van der Waals surface area contributed by atoms with Gasteiger partial charge in [0.2, 0.25) is 5.78 Å². The van der Waals surface area contributed by atoms with Gasteiger partial charge >= 0.3 is 5.97 Å². The second-order valence-corrected chi connectivity index (χ2v) is 7.54. The van der Waals surface area contributed by atoms with Crippen molar-refractivity contribution in [1.29, 1.82) is 0 Å². The van der Waals surface area contributed by atoms with E-state index in [0.29, 0.717) is 34.5 Å². The van der Waals surface area contributed by atoms with Gasteiger partial charge in [0.1, 0.15) is 11.5 Å². The third-order valence-electron chi connectivity index (χ3n) is 5.17. The number of benzene rings is 2. The lowest BCUT2D eigenvalue weighted by molar-refractivity contribution is 0.0600. The molecular formula is C24H27NO5. The Hall–Kier alpha value is -3.12. The Labute approximate surface area is 176 Å². The SMILES string of the molecule is CCCCN(C)Cc1c(O)cc(C)c2c1O/C(=C\c1ccc(C(=O)OC)cc1)C2=O. The van der Waals surface area contributed by atoms with Crippen LogP contribution in [0.5, 0.6) is 11.5 Å². The predicted molar refractivity (Wildman–Crippen MR) is 115 cm³/mol. The van der Waals surface area contributed by atoms with Crippen molar-refractivity contribution < 1.29 is 24.2 Å². The summed E-state index contributed by atoms with van der Waals surface area (Å²) in [6.45, 7) is 5.30. The number of phenols is 1. The molecule has 3 rings (SSSR count). The highest BCUT2D eigenvalue weighted by Crippen LogP contribution is 2.42. The largest absolute Gasteiger partial charge is 0.507 e. The topological polar surface area (TPSA) is 76.1 Å². The Bertz CT molecular complexity index is 992. The third-order valence-corrected chi connectivity index (χ3v) is 5.17. The molecule has 30 heavy (non-hydrogen) atoms. The van der Waals surface area contributed by atoms with Gasteiger partial charge in [0.25, 0.3) is 0 Å². The minimum absolute atomic E-state index is 0.131. The fraction of sp³-hybridized carbons (Fsp3) is 0.333. The average Bonchev–Trinajstić information content (AvgIpc) is 3.06. The number of carbonyl (C=O) groups excluding carboxylic acids is 2. The van der Waals surface area contributed by atoms with Crippen LogP contribution in [-0.2, 0) is 11.3 Å². The molecule has 0 saturated carbocycles. The van der Waals surface area contributed by atoms with E-state index in [0.717, 1.165) is 24.9 Å². The van der Waals surface area contributed by atoms with Crippen molar-refractivity contribution in [3.8, 4) is 11.5 Å². The molecule has 0 saturated heterocycles. The molecule has 0 fully saturated rings. The minimum atomic E-state index is -0.419. The summed E-state index contributed by atoms with van der Waals surface area (Å²) in [4.78, 5) is 26.7. The van der Waals surface area contributed by atoms with Gasteiger partial charge in [-0.15, -0.1) is 0 Å². The van der Waals surface area contributed by atoms with E-state index in [2.05, 4.69) is 11.8 Å². The maximum atomic E-state index is 13.0. The van der Waals surface area contributed by atoms with Crippen LogP contribution >= 0.6 is 0 Å². The van der Waals surface area contributed by atoms with E-state index in [9.17, 15) is 14.7 Å². The van der Waals surface area contributed by atoms with E-state index in [1.807, 2.05) is 7.05 Å². The molecule has 6 nitrogen and oxygen atoms in total. The van der Waals surface area contributed by atoms with Gasteiger partial charge in [0.15, 0.2) is 5.76 Å². The van der Waals surface area contributed by atoms with Crippen molar-refractivity contribution in [3.05, 3.63) is 63.9 Å². The van der Waals surface area contributed by atoms with Crippen LogP contribution in [-0.4, -0.2) is 42.5 Å². The summed E-state index contributed by atoms with van der Waals surface area (Å²) in [6, 6.07) is 8.34. The van der Waals surface area contributed by atoms with Gasteiger partial charge < -0.3 is 19.5 Å². The van der Waals surface area contributed by atoms with Crippen molar-refractivity contribution in [1.82, 2.24) is 4.90 Å². The average molecular weight is 409 g/mol. The molecule has 2 aromatic rings. The van der Waals surface area contributed by atoms with Crippen molar-refractivity contribution in [2.75, 3.05) is 20.7 Å². The number of allylic oxidation sites excluding steroid dienone is 1. The van der Waals surface area contributed by atoms with Crippen molar-refractivity contribution in [3.63, 3.8) is 0 Å². The van der Waals surface area contributed by atoms with E-state index in [1.54, 1.807) is 43.3 Å². The minimum Gasteiger partial charge on any atom is -0.507 e. The van der Waals surface area contributed by atoms with Gasteiger partial charge in [-0.25, -0.2) is 4.79 Å². The summed E-state index contributed by atoms with van der Waals surface area (Å²) >= 11 is 0. The Morgan fingerprint density at radius 2 is 1.97 bits per heavy atom. The van der Waals surface area contributed by atoms with Crippen LogP contribution in [0.25, 0.3) is 6.08 Å². The molecule has 1 heterocycles. The Kier molecular flexibility index (Phi) is 6.57. The number of carbonyl (C=O) groups is 2. The third kappa shape index (κ3) is 4.39. The molecule has 0 spiro atoms. The first-order valence-corrected chi connectivity index (χ1v) is 10.0. The van der Waals surface area contributed by atoms with Gasteiger partial charge in [-0.2, -0.15) is 0 Å². The lowest BCUT2D eigenvalue weighted by atomic mass is 9.99. The van der Waals surface area contributed by atoms with E-state index in [-0.39, 0.29) is 17.3 Å². The van der Waals surface area contributed by atoms with Gasteiger partial charge in [0.05, 0.1) is 23.8 Å². The molecule has 1 aliphatic heterocycles. The highest BCUT2D eigenvalue weighted by atomic mass is 16.5. The second-order valence-electron chi connectivity index (χ2n) is 7.54. The number of phenolic OH excluding ortho intramolecular Hbond substituents is 1. The molecule has 0 radical (unpaired) electrons. The standard InChI is InChI=1S/C24H27NO5/c1-5-6-11-25(3)14-18-19(26)12-15(2)21-22(27)20(30-23(18)21)13-16-7-9-17(10-8-16)24(28)29-4/h7-10,12-13,26H,5-6,11,14H2,1-4H3/b20-13-. The van der Waals surface area contributed by atoms with E-state index < -0.39 is 5.97 Å². The molecular weight excluding hydrogens is 382 g/mol. The van der Waals surface area contributed by atoms with Crippen LogP contribution in [0, 0.1) is 6.92 Å². The summed E-state index contributed by atoms with van der Waals surface area (Å²) in [6.07, 6.45) is 3.78. The van der Waals surface area contributed by atoms with Gasteiger partial charge in [-0.05, 0) is 62.3 Å². The fourth-order valence-electron chi connectivity index (χ4n) is 3.49. The lowest BCUT2D eigenvalue weighted by Crippen LogP contribution is -2.19. The highest BCUT2D eigenvalue weighted by Gasteiger charge is 2.33. The van der Waals surface area contributed by atoms with Gasteiger partial charge in [-0.3, -0.25) is 4.79 Å². The Morgan fingerprint density at radius 1 is 1.27 bits per heavy atom. The summed E-state index contributed by atoms with van der Waals surface area (Å²) < 4.78 is 10.7. The van der Waals surface area contributed by atoms with Crippen LogP contribution in [0.4, 0.5) is 0 Å². The lowest BCUT2D eigenvalue weighted by Gasteiger charge is -2.19. The first-order valence-electron chi connectivity index (χ1n) is 10.0. The number of ketones is 1. The maximum Gasteiger partial charge on any atom is 0.337 e. The molecule has 6 heteroatoms. The van der Waals surface area contributed by atoms with E-state index in [4.69, 9.17) is 9.47 Å². The summed E-state index contributed by atoms with van der Waals surface area (Å²) in [5, 5.41) is 10.5. The molecule has 0 atom stereocenters. The van der Waals surface area contributed by atoms with E-state index in [1.165, 1.54) is 7.11 Å². The Morgan fingerprint density at radius 3 is 2.60 bits per heavy atom. The maximum absolute atomic E-state index is 13.0. The van der Waals surface area contributed by atoms with Crippen LogP contribution < -0.4 is 4.74 Å². The number of nitrogens with zero attached hydrogens (tertiary/aromatic N) is 1. The number of rotatable bonds is 7. The number of methoxy groups -OCH3 is 1. The van der Waals surface area contributed by atoms with Crippen LogP contribution in [0.1, 0.15) is 57.2 Å². The first kappa shape index (κ1) is 21.6. The van der Waals surface area contributed by atoms with Crippen molar-refractivity contribution in [2.24, 2.45) is 0 Å². The van der Waals surface area contributed by atoms with Crippen molar-refractivity contribution >= 4 is 17.8 Å². The molecule has 158 valence electrons. The summed E-state index contributed by atoms with van der Waals surface area (Å²) in [5.41, 5.74) is 2.94. The fourth-order valence-corrected chi connectivity index (χ4v) is 3.49. The molecule has 1 aliphatic rings. The summed E-state index contributed by atoms with van der Waals surface area (Å²) in [7, 11) is 3.31. The molecule has 0 unspecified atom stereocenters. The summed E-state index contributed by atoms with van der Waals surface area (Å²) in [5.74, 6) is 0.126. The normalized spacial score (nSPS) is 14.2. The molecule has 0 amide bonds. The van der Waals surface area contributed by atoms with Crippen LogP contribution in [0.15, 0.2) is 36.1 Å².